The number of nitrogens with one attached hydrogen (secondary N) is 2. The van der Waals surface area contributed by atoms with Crippen molar-refractivity contribution in [3.05, 3.63) is 36.9 Å². The minimum Gasteiger partial charge on any atom is -0.345 e. The first-order chi connectivity index (χ1) is 11.4. The molecule has 1 aromatic heterocycles. The van der Waals surface area contributed by atoms with Gasteiger partial charge in [-0.1, -0.05) is 13.3 Å². The lowest BCUT2D eigenvalue weighted by molar-refractivity contribution is -0.128. The van der Waals surface area contributed by atoms with Gasteiger partial charge in [0.1, 0.15) is 12.7 Å². The van der Waals surface area contributed by atoms with Crippen molar-refractivity contribution in [2.45, 2.75) is 32.2 Å². The molecule has 4 N–H and O–H groups in total. The summed E-state index contributed by atoms with van der Waals surface area (Å²) < 4.78 is 1.61. The number of carbonyl (C=O) groups is 2. The van der Waals surface area contributed by atoms with E-state index in [1.807, 2.05) is 6.92 Å². The fourth-order valence-electron chi connectivity index (χ4n) is 2.24. The van der Waals surface area contributed by atoms with E-state index in [2.05, 4.69) is 20.7 Å². The maximum atomic E-state index is 12.0. The van der Waals surface area contributed by atoms with Gasteiger partial charge >= 0.3 is 0 Å². The molecule has 1 heterocycles. The summed E-state index contributed by atoms with van der Waals surface area (Å²) in [5.74, 6) is -0.648. The van der Waals surface area contributed by atoms with Gasteiger partial charge in [0.05, 0.1) is 17.8 Å². The molecular formula is C16H22N6O2. The summed E-state index contributed by atoms with van der Waals surface area (Å²) in [6, 6.07) is 7.11. The highest BCUT2D eigenvalue weighted by Gasteiger charge is 2.27. The highest BCUT2D eigenvalue weighted by atomic mass is 16.2. The molecule has 8 heteroatoms. The van der Waals surface area contributed by atoms with E-state index in [1.165, 1.54) is 6.33 Å². The Kier molecular flexibility index (Phi) is 5.64. The standard InChI is InChI=1S/C16H22N6O2/c1-3-8-16(2,17)15(24)19-9-14(23)21-12-4-6-13(7-5-12)22-11-18-10-20-22/h4-7,10-11H,3,8-9,17H2,1-2H3,(H,19,24)(H,21,23). The van der Waals surface area contributed by atoms with Crippen LogP contribution in [0, 0.1) is 0 Å². The monoisotopic (exact) mass is 330 g/mol. The van der Waals surface area contributed by atoms with Crippen LogP contribution >= 0.6 is 0 Å². The van der Waals surface area contributed by atoms with E-state index in [-0.39, 0.29) is 18.4 Å². The van der Waals surface area contributed by atoms with Crippen molar-refractivity contribution >= 4 is 17.5 Å². The fraction of sp³-hybridized carbons (Fsp3) is 0.375. The van der Waals surface area contributed by atoms with E-state index in [9.17, 15) is 9.59 Å². The maximum absolute atomic E-state index is 12.0. The molecule has 128 valence electrons. The van der Waals surface area contributed by atoms with E-state index >= 15 is 0 Å². The lowest BCUT2D eigenvalue weighted by atomic mass is 9.96. The molecule has 2 rings (SSSR count). The van der Waals surface area contributed by atoms with Crippen molar-refractivity contribution in [3.8, 4) is 5.69 Å². The van der Waals surface area contributed by atoms with E-state index < -0.39 is 5.54 Å². The summed E-state index contributed by atoms with van der Waals surface area (Å²) in [6.07, 6.45) is 4.39. The number of nitrogens with two attached hydrogens (primary N) is 1. The zero-order valence-corrected chi connectivity index (χ0v) is 13.8. The average molecular weight is 330 g/mol. The minimum atomic E-state index is -0.964. The summed E-state index contributed by atoms with van der Waals surface area (Å²) in [7, 11) is 0. The third kappa shape index (κ3) is 4.63. The Morgan fingerprint density at radius 3 is 2.58 bits per heavy atom. The van der Waals surface area contributed by atoms with E-state index in [1.54, 1.807) is 42.2 Å². The molecule has 0 aliphatic carbocycles. The molecule has 2 aromatic rings. The van der Waals surface area contributed by atoms with Gasteiger partial charge in [0.15, 0.2) is 0 Å². The van der Waals surface area contributed by atoms with Crippen molar-refractivity contribution in [1.82, 2.24) is 20.1 Å². The van der Waals surface area contributed by atoms with Crippen molar-refractivity contribution in [1.29, 1.82) is 0 Å². The maximum Gasteiger partial charge on any atom is 0.243 e. The molecule has 1 unspecified atom stereocenters. The smallest absolute Gasteiger partial charge is 0.243 e. The van der Waals surface area contributed by atoms with Crippen LogP contribution in [0.2, 0.25) is 0 Å². The largest absolute Gasteiger partial charge is 0.345 e. The topological polar surface area (TPSA) is 115 Å². The number of aromatic nitrogens is 3. The van der Waals surface area contributed by atoms with E-state index in [0.717, 1.165) is 12.1 Å². The zero-order valence-electron chi connectivity index (χ0n) is 13.8. The first kappa shape index (κ1) is 17.6. The SMILES string of the molecule is CCCC(C)(N)C(=O)NCC(=O)Nc1ccc(-n2cncn2)cc1. The minimum absolute atomic E-state index is 0.125. The quantitative estimate of drug-likeness (QED) is 0.696. The number of nitrogens with zero attached hydrogens (tertiary/aromatic N) is 3. The number of hydrogen-bond donors (Lipinski definition) is 3. The van der Waals surface area contributed by atoms with Crippen molar-refractivity contribution in [2.24, 2.45) is 5.73 Å². The van der Waals surface area contributed by atoms with Crippen LogP contribution in [0.25, 0.3) is 5.69 Å². The Balaban J connectivity index is 1.85. The number of amides is 2. The lowest BCUT2D eigenvalue weighted by Gasteiger charge is -2.22. The van der Waals surface area contributed by atoms with Crippen molar-refractivity contribution in [2.75, 3.05) is 11.9 Å². The van der Waals surface area contributed by atoms with E-state index in [4.69, 9.17) is 5.73 Å². The van der Waals surface area contributed by atoms with Crippen LogP contribution in [0.4, 0.5) is 5.69 Å². The molecule has 1 atom stereocenters. The summed E-state index contributed by atoms with van der Waals surface area (Å²) in [6.45, 7) is 3.49. The van der Waals surface area contributed by atoms with Crippen molar-refractivity contribution < 1.29 is 9.59 Å². The second-order valence-electron chi connectivity index (χ2n) is 5.79. The summed E-state index contributed by atoms with van der Waals surface area (Å²) in [5.41, 5.74) is 6.41. The number of carbonyl (C=O) groups excluding carboxylic acids is 2. The molecule has 0 saturated heterocycles. The number of anilines is 1. The van der Waals surface area contributed by atoms with Gasteiger partial charge in [0.2, 0.25) is 11.8 Å². The molecular weight excluding hydrogens is 308 g/mol. The predicted molar refractivity (Wildman–Crippen MR) is 90.5 cm³/mol. The van der Waals surface area contributed by atoms with Gasteiger partial charge in [-0.25, -0.2) is 9.67 Å². The van der Waals surface area contributed by atoms with Gasteiger partial charge in [-0.3, -0.25) is 9.59 Å². The van der Waals surface area contributed by atoms with Gasteiger partial charge in [-0.05, 0) is 37.6 Å². The number of rotatable bonds is 7. The van der Waals surface area contributed by atoms with Gasteiger partial charge in [0.25, 0.3) is 0 Å². The molecule has 0 radical (unpaired) electrons. The molecule has 0 bridgehead atoms. The second-order valence-corrected chi connectivity index (χ2v) is 5.79. The fourth-order valence-corrected chi connectivity index (χ4v) is 2.24. The molecule has 0 spiro atoms. The van der Waals surface area contributed by atoms with Gasteiger partial charge in [-0.2, -0.15) is 5.10 Å². The van der Waals surface area contributed by atoms with Crippen LogP contribution < -0.4 is 16.4 Å². The van der Waals surface area contributed by atoms with Gasteiger partial charge < -0.3 is 16.4 Å². The van der Waals surface area contributed by atoms with Crippen LogP contribution in [0.15, 0.2) is 36.9 Å². The van der Waals surface area contributed by atoms with Crippen LogP contribution in [0.3, 0.4) is 0 Å². The van der Waals surface area contributed by atoms with E-state index in [0.29, 0.717) is 12.1 Å². The molecule has 8 nitrogen and oxygen atoms in total. The first-order valence-electron chi connectivity index (χ1n) is 7.74. The number of hydrogen-bond acceptors (Lipinski definition) is 5. The highest BCUT2D eigenvalue weighted by molar-refractivity contribution is 5.96. The molecule has 0 aliphatic rings. The third-order valence-corrected chi connectivity index (χ3v) is 3.53. The summed E-state index contributed by atoms with van der Waals surface area (Å²) in [5, 5.41) is 9.30. The van der Waals surface area contributed by atoms with Crippen LogP contribution in [0.5, 0.6) is 0 Å². The summed E-state index contributed by atoms with van der Waals surface area (Å²) >= 11 is 0. The molecule has 24 heavy (non-hydrogen) atoms. The molecule has 0 saturated carbocycles. The normalized spacial score (nSPS) is 13.1. The average Bonchev–Trinajstić information content (AvgIpc) is 3.07. The second kappa shape index (κ2) is 7.69. The third-order valence-electron chi connectivity index (χ3n) is 3.53. The Morgan fingerprint density at radius 1 is 1.29 bits per heavy atom. The first-order valence-corrected chi connectivity index (χ1v) is 7.74. The number of benzene rings is 1. The Hall–Kier alpha value is -2.74. The Labute approximate surface area is 140 Å². The predicted octanol–water partition coefficient (Wildman–Crippen LogP) is 0.840. The zero-order chi connectivity index (χ0) is 17.6. The molecule has 0 aliphatic heterocycles. The van der Waals surface area contributed by atoms with Crippen LogP contribution in [0.1, 0.15) is 26.7 Å². The molecule has 2 amide bonds. The van der Waals surface area contributed by atoms with Crippen molar-refractivity contribution in [3.63, 3.8) is 0 Å². The lowest BCUT2D eigenvalue weighted by Crippen LogP contribution is -2.52. The Morgan fingerprint density at radius 2 is 2.00 bits per heavy atom. The highest BCUT2D eigenvalue weighted by Crippen LogP contribution is 2.12. The van der Waals surface area contributed by atoms with Gasteiger partial charge in [-0.15, -0.1) is 0 Å². The molecule has 0 fully saturated rings. The summed E-state index contributed by atoms with van der Waals surface area (Å²) in [4.78, 5) is 27.8. The van der Waals surface area contributed by atoms with Crippen LogP contribution in [-0.4, -0.2) is 38.7 Å². The van der Waals surface area contributed by atoms with Crippen LogP contribution in [-0.2, 0) is 9.59 Å². The van der Waals surface area contributed by atoms with Gasteiger partial charge in [0, 0.05) is 5.69 Å². The Bertz CT molecular complexity index is 679. The molecule has 1 aromatic carbocycles.